The summed E-state index contributed by atoms with van der Waals surface area (Å²) in [4.78, 5) is 10.9. The molecule has 0 radical (unpaired) electrons. The first kappa shape index (κ1) is 16.7. The Labute approximate surface area is 143 Å². The Bertz CT molecular complexity index is 697. The molecule has 2 aromatic rings. The number of rotatable bonds is 4. The number of anilines is 1. The van der Waals surface area contributed by atoms with Crippen molar-refractivity contribution < 1.29 is 9.84 Å². The molecule has 1 aliphatic heterocycles. The van der Waals surface area contributed by atoms with Crippen LogP contribution in [0, 0.1) is 19.8 Å². The zero-order chi connectivity index (χ0) is 17.1. The van der Waals surface area contributed by atoms with E-state index in [1.54, 1.807) is 25.6 Å². The number of piperidine rings is 1. The average molecular weight is 327 g/mol. The molecule has 1 atom stereocenters. The molecule has 24 heavy (non-hydrogen) atoms. The summed E-state index contributed by atoms with van der Waals surface area (Å²) >= 11 is 0. The maximum atomic E-state index is 10.7. The average Bonchev–Trinajstić information content (AvgIpc) is 2.63. The molecule has 5 heteroatoms. The fourth-order valence-corrected chi connectivity index (χ4v) is 3.33. The maximum absolute atomic E-state index is 10.7. The van der Waals surface area contributed by atoms with E-state index in [9.17, 15) is 5.11 Å². The van der Waals surface area contributed by atoms with Gasteiger partial charge in [-0.25, -0.2) is 0 Å². The van der Waals surface area contributed by atoms with Gasteiger partial charge in [-0.3, -0.25) is 9.97 Å². The second kappa shape index (κ2) is 7.18. The predicted octanol–water partition coefficient (Wildman–Crippen LogP) is 3.05. The first-order chi connectivity index (χ1) is 11.6. The zero-order valence-corrected chi connectivity index (χ0v) is 14.6. The molecule has 0 spiro atoms. The Morgan fingerprint density at radius 2 is 2.00 bits per heavy atom. The highest BCUT2D eigenvalue weighted by Gasteiger charge is 2.28. The molecule has 5 nitrogen and oxygen atoms in total. The third kappa shape index (κ3) is 3.36. The van der Waals surface area contributed by atoms with Gasteiger partial charge in [0.1, 0.15) is 5.75 Å². The lowest BCUT2D eigenvalue weighted by molar-refractivity contribution is 0.0901. The van der Waals surface area contributed by atoms with Crippen LogP contribution in [0.25, 0.3) is 0 Å². The van der Waals surface area contributed by atoms with E-state index in [4.69, 9.17) is 4.74 Å². The number of pyridine rings is 2. The van der Waals surface area contributed by atoms with Crippen LogP contribution in [0.2, 0.25) is 0 Å². The van der Waals surface area contributed by atoms with E-state index in [2.05, 4.69) is 27.9 Å². The molecule has 1 unspecified atom stereocenters. The van der Waals surface area contributed by atoms with E-state index in [1.807, 2.05) is 13.1 Å². The van der Waals surface area contributed by atoms with Crippen LogP contribution in [0.3, 0.4) is 0 Å². The number of aliphatic hydroxyl groups is 1. The quantitative estimate of drug-likeness (QED) is 0.935. The molecule has 1 aliphatic rings. The Hall–Kier alpha value is -2.14. The van der Waals surface area contributed by atoms with Gasteiger partial charge in [0.05, 0.1) is 25.1 Å². The van der Waals surface area contributed by atoms with Crippen molar-refractivity contribution in [3.63, 3.8) is 0 Å². The summed E-state index contributed by atoms with van der Waals surface area (Å²) in [6.07, 6.45) is 6.68. The molecule has 1 fully saturated rings. The number of methoxy groups -OCH3 is 1. The summed E-state index contributed by atoms with van der Waals surface area (Å²) in [6.45, 7) is 5.98. The van der Waals surface area contributed by atoms with Crippen LogP contribution < -0.4 is 9.64 Å². The molecule has 0 aromatic carbocycles. The Morgan fingerprint density at radius 1 is 1.25 bits per heavy atom. The minimum atomic E-state index is -0.534. The van der Waals surface area contributed by atoms with E-state index < -0.39 is 6.10 Å². The Morgan fingerprint density at radius 3 is 2.67 bits per heavy atom. The van der Waals surface area contributed by atoms with Crippen LogP contribution in [0.4, 0.5) is 5.69 Å². The zero-order valence-electron chi connectivity index (χ0n) is 14.6. The van der Waals surface area contributed by atoms with Crippen molar-refractivity contribution in [3.8, 4) is 5.75 Å². The summed E-state index contributed by atoms with van der Waals surface area (Å²) in [6, 6.07) is 4.00. The van der Waals surface area contributed by atoms with Crippen molar-refractivity contribution in [3.05, 3.63) is 47.5 Å². The summed E-state index contributed by atoms with van der Waals surface area (Å²) in [5.74, 6) is 0.928. The van der Waals surface area contributed by atoms with Crippen LogP contribution in [0.15, 0.2) is 30.7 Å². The number of nitrogens with zero attached hydrogens (tertiary/aromatic N) is 3. The van der Waals surface area contributed by atoms with Crippen LogP contribution >= 0.6 is 0 Å². The summed E-state index contributed by atoms with van der Waals surface area (Å²) < 4.78 is 5.35. The molecule has 0 saturated carbocycles. The number of aromatic nitrogens is 2. The van der Waals surface area contributed by atoms with Gasteiger partial charge in [-0.15, -0.1) is 0 Å². The van der Waals surface area contributed by atoms with Gasteiger partial charge in [-0.1, -0.05) is 0 Å². The normalized spacial score (nSPS) is 16.9. The second-order valence-corrected chi connectivity index (χ2v) is 6.48. The third-order valence-electron chi connectivity index (χ3n) is 5.03. The minimum absolute atomic E-state index is 0.221. The molecule has 1 N–H and O–H groups in total. The van der Waals surface area contributed by atoms with Gasteiger partial charge in [0.15, 0.2) is 0 Å². The van der Waals surface area contributed by atoms with Crippen LogP contribution in [-0.4, -0.2) is 35.3 Å². The van der Waals surface area contributed by atoms with Gasteiger partial charge >= 0.3 is 0 Å². The second-order valence-electron chi connectivity index (χ2n) is 6.48. The highest BCUT2D eigenvalue weighted by molar-refractivity contribution is 5.47. The maximum Gasteiger partial charge on any atom is 0.127 e. The number of aryl methyl sites for hydroxylation is 2. The van der Waals surface area contributed by atoms with Gasteiger partial charge in [0, 0.05) is 36.7 Å². The number of ether oxygens (including phenoxy) is 1. The summed E-state index contributed by atoms with van der Waals surface area (Å²) in [5, 5.41) is 10.7. The minimum Gasteiger partial charge on any atom is -0.496 e. The van der Waals surface area contributed by atoms with Crippen molar-refractivity contribution in [1.82, 2.24) is 9.97 Å². The monoisotopic (exact) mass is 327 g/mol. The van der Waals surface area contributed by atoms with E-state index in [0.717, 1.165) is 37.2 Å². The SMILES string of the molecule is COc1ccncc1C(O)C1CCN(c2cnc(C)c(C)c2)CC1. The highest BCUT2D eigenvalue weighted by atomic mass is 16.5. The predicted molar refractivity (Wildman–Crippen MR) is 94.4 cm³/mol. The van der Waals surface area contributed by atoms with Gasteiger partial charge < -0.3 is 14.7 Å². The van der Waals surface area contributed by atoms with Gasteiger partial charge in [0.2, 0.25) is 0 Å². The Balaban J connectivity index is 1.67. The van der Waals surface area contributed by atoms with Gasteiger partial charge in [0.25, 0.3) is 0 Å². The molecule has 2 aromatic heterocycles. The Kier molecular flexibility index (Phi) is 5.00. The highest BCUT2D eigenvalue weighted by Crippen LogP contribution is 2.35. The lowest BCUT2D eigenvalue weighted by Crippen LogP contribution is -2.35. The molecule has 0 amide bonds. The molecular weight excluding hydrogens is 302 g/mol. The standard InChI is InChI=1S/C19H25N3O2/c1-13-10-16(11-21-14(13)2)22-8-5-15(6-9-22)19(23)17-12-20-7-4-18(17)24-3/h4,7,10-12,15,19,23H,5-6,8-9H2,1-3H3. The largest absolute Gasteiger partial charge is 0.496 e. The van der Waals surface area contributed by atoms with Gasteiger partial charge in [-0.05, 0) is 50.3 Å². The van der Waals surface area contributed by atoms with Crippen molar-refractivity contribution in [2.24, 2.45) is 5.92 Å². The van der Waals surface area contributed by atoms with Gasteiger partial charge in [-0.2, -0.15) is 0 Å². The molecular formula is C19H25N3O2. The smallest absolute Gasteiger partial charge is 0.127 e. The summed E-state index contributed by atoms with van der Waals surface area (Å²) in [7, 11) is 1.63. The van der Waals surface area contributed by atoms with Crippen molar-refractivity contribution in [2.75, 3.05) is 25.1 Å². The van der Waals surface area contributed by atoms with Crippen LogP contribution in [-0.2, 0) is 0 Å². The van der Waals surface area contributed by atoms with Crippen molar-refractivity contribution >= 4 is 5.69 Å². The van der Waals surface area contributed by atoms with E-state index in [1.165, 1.54) is 11.3 Å². The lowest BCUT2D eigenvalue weighted by Gasteiger charge is -2.35. The summed E-state index contributed by atoms with van der Waals surface area (Å²) in [5.41, 5.74) is 4.25. The van der Waals surface area contributed by atoms with Crippen molar-refractivity contribution in [2.45, 2.75) is 32.8 Å². The fourth-order valence-electron chi connectivity index (χ4n) is 3.33. The molecule has 0 bridgehead atoms. The first-order valence-electron chi connectivity index (χ1n) is 8.44. The van der Waals surface area contributed by atoms with E-state index >= 15 is 0 Å². The van der Waals surface area contributed by atoms with Crippen LogP contribution in [0.1, 0.15) is 35.8 Å². The molecule has 3 rings (SSSR count). The third-order valence-corrected chi connectivity index (χ3v) is 5.03. The lowest BCUT2D eigenvalue weighted by atomic mass is 9.87. The molecule has 128 valence electrons. The molecule has 1 saturated heterocycles. The number of hydrogen-bond donors (Lipinski definition) is 1. The van der Waals surface area contributed by atoms with Crippen molar-refractivity contribution in [1.29, 1.82) is 0 Å². The van der Waals surface area contributed by atoms with E-state index in [0.29, 0.717) is 5.75 Å². The molecule has 0 aliphatic carbocycles. The van der Waals surface area contributed by atoms with Crippen LogP contribution in [0.5, 0.6) is 5.75 Å². The molecule has 3 heterocycles. The fraction of sp³-hybridized carbons (Fsp3) is 0.474. The number of hydrogen-bond acceptors (Lipinski definition) is 5. The topological polar surface area (TPSA) is 58.5 Å². The first-order valence-corrected chi connectivity index (χ1v) is 8.44. The van der Waals surface area contributed by atoms with E-state index in [-0.39, 0.29) is 5.92 Å². The number of aliphatic hydroxyl groups excluding tert-OH is 1.